The summed E-state index contributed by atoms with van der Waals surface area (Å²) in [5, 5.41) is 15.9. The summed E-state index contributed by atoms with van der Waals surface area (Å²) in [5.41, 5.74) is 0.845. The van der Waals surface area contributed by atoms with Gasteiger partial charge in [-0.1, -0.05) is 6.07 Å². The zero-order valence-corrected chi connectivity index (χ0v) is 11.3. The number of hydrogen-bond acceptors (Lipinski definition) is 3. The summed E-state index contributed by atoms with van der Waals surface area (Å²) in [6, 6.07) is 4.84. The van der Waals surface area contributed by atoms with Crippen molar-refractivity contribution in [3.05, 3.63) is 57.8 Å². The van der Waals surface area contributed by atoms with Crippen molar-refractivity contribution in [1.82, 2.24) is 5.32 Å². The molecule has 0 aliphatic carbocycles. The van der Waals surface area contributed by atoms with Crippen molar-refractivity contribution >= 4 is 17.2 Å². The lowest BCUT2D eigenvalue weighted by molar-refractivity contribution is -0.120. The molecule has 1 aromatic heterocycles. The summed E-state index contributed by atoms with van der Waals surface area (Å²) in [6.07, 6.45) is -0.981. The molecule has 1 unspecified atom stereocenters. The largest absolute Gasteiger partial charge is 0.387 e. The van der Waals surface area contributed by atoms with Crippen LogP contribution >= 0.6 is 11.3 Å². The van der Waals surface area contributed by atoms with Gasteiger partial charge in [-0.3, -0.25) is 4.79 Å². The van der Waals surface area contributed by atoms with E-state index in [1.807, 2.05) is 5.38 Å². The van der Waals surface area contributed by atoms with Gasteiger partial charge in [-0.25, -0.2) is 8.78 Å². The van der Waals surface area contributed by atoms with Gasteiger partial charge in [0.25, 0.3) is 0 Å². The fourth-order valence-corrected chi connectivity index (χ4v) is 2.40. The Morgan fingerprint density at radius 1 is 1.35 bits per heavy atom. The third kappa shape index (κ3) is 3.85. The Balaban J connectivity index is 1.86. The van der Waals surface area contributed by atoms with Gasteiger partial charge in [0.2, 0.25) is 5.91 Å². The first kappa shape index (κ1) is 14.6. The maximum absolute atomic E-state index is 13.4. The lowest BCUT2D eigenvalue weighted by Crippen LogP contribution is -2.29. The van der Waals surface area contributed by atoms with Crippen molar-refractivity contribution in [2.75, 3.05) is 6.54 Å². The second-order valence-electron chi connectivity index (χ2n) is 4.29. The van der Waals surface area contributed by atoms with Crippen molar-refractivity contribution in [3.63, 3.8) is 0 Å². The van der Waals surface area contributed by atoms with Crippen LogP contribution in [0.15, 0.2) is 35.0 Å². The molecular formula is C14H13F2NO2S. The number of hydrogen-bond donors (Lipinski definition) is 2. The van der Waals surface area contributed by atoms with Crippen LogP contribution in [0.1, 0.15) is 17.2 Å². The maximum Gasteiger partial charge on any atom is 0.224 e. The van der Waals surface area contributed by atoms with Crippen LogP contribution in [0.3, 0.4) is 0 Å². The lowest BCUT2D eigenvalue weighted by atomic mass is 10.1. The number of halogens is 2. The topological polar surface area (TPSA) is 49.3 Å². The summed E-state index contributed by atoms with van der Waals surface area (Å²) in [4.78, 5) is 11.6. The van der Waals surface area contributed by atoms with E-state index in [2.05, 4.69) is 5.32 Å². The highest BCUT2D eigenvalue weighted by atomic mass is 32.1. The minimum absolute atomic E-state index is 0.0539. The molecule has 6 heteroatoms. The second kappa shape index (κ2) is 6.58. The molecular weight excluding hydrogens is 284 g/mol. The quantitative estimate of drug-likeness (QED) is 0.890. The smallest absolute Gasteiger partial charge is 0.224 e. The van der Waals surface area contributed by atoms with Crippen molar-refractivity contribution in [2.24, 2.45) is 0 Å². The van der Waals surface area contributed by atoms with Crippen LogP contribution in [0.5, 0.6) is 0 Å². The Labute approximate surface area is 118 Å². The van der Waals surface area contributed by atoms with Crippen LogP contribution in [0.25, 0.3) is 0 Å². The van der Waals surface area contributed by atoms with E-state index in [4.69, 9.17) is 0 Å². The monoisotopic (exact) mass is 297 g/mol. The normalized spacial score (nSPS) is 12.2. The van der Waals surface area contributed by atoms with E-state index in [9.17, 15) is 18.7 Å². The number of aliphatic hydroxyl groups is 1. The van der Waals surface area contributed by atoms with Gasteiger partial charge in [-0.15, -0.1) is 0 Å². The molecule has 1 aromatic carbocycles. The predicted molar refractivity (Wildman–Crippen MR) is 72.4 cm³/mol. The highest BCUT2D eigenvalue weighted by Crippen LogP contribution is 2.15. The van der Waals surface area contributed by atoms with E-state index < -0.39 is 23.6 Å². The van der Waals surface area contributed by atoms with Crippen molar-refractivity contribution in [1.29, 1.82) is 0 Å². The Morgan fingerprint density at radius 2 is 2.15 bits per heavy atom. The molecule has 3 nitrogen and oxygen atoms in total. The summed E-state index contributed by atoms with van der Waals surface area (Å²) >= 11 is 1.45. The molecule has 106 valence electrons. The van der Waals surface area contributed by atoms with Crippen LogP contribution in [-0.2, 0) is 11.2 Å². The number of aliphatic hydroxyl groups excluding tert-OH is 1. The molecule has 2 aromatic rings. The zero-order valence-electron chi connectivity index (χ0n) is 10.5. The molecule has 0 spiro atoms. The molecule has 20 heavy (non-hydrogen) atoms. The van der Waals surface area contributed by atoms with Gasteiger partial charge in [-0.2, -0.15) is 11.3 Å². The molecule has 1 heterocycles. The SMILES string of the molecule is O=C(Cc1ccc(F)cc1F)NCC(O)c1ccsc1. The summed E-state index contributed by atoms with van der Waals surface area (Å²) in [6.45, 7) is 0.0539. The fraction of sp³-hybridized carbons (Fsp3) is 0.214. The number of carbonyl (C=O) groups is 1. The third-order valence-corrected chi connectivity index (χ3v) is 3.49. The number of carbonyl (C=O) groups excluding carboxylic acids is 1. The molecule has 0 bridgehead atoms. The van der Waals surface area contributed by atoms with Gasteiger partial charge >= 0.3 is 0 Å². The number of benzene rings is 1. The van der Waals surface area contributed by atoms with Crippen LogP contribution < -0.4 is 5.32 Å². The maximum atomic E-state index is 13.4. The standard InChI is InChI=1S/C14H13F2NO2S/c15-11-2-1-9(12(16)6-11)5-14(19)17-7-13(18)10-3-4-20-8-10/h1-4,6,8,13,18H,5,7H2,(H,17,19). The van der Waals surface area contributed by atoms with Gasteiger partial charge in [0.15, 0.2) is 0 Å². The summed E-state index contributed by atoms with van der Waals surface area (Å²) < 4.78 is 26.1. The number of rotatable bonds is 5. The van der Waals surface area contributed by atoms with Crippen molar-refractivity contribution < 1.29 is 18.7 Å². The Bertz CT molecular complexity index is 587. The van der Waals surface area contributed by atoms with E-state index in [-0.39, 0.29) is 18.5 Å². The Hall–Kier alpha value is -1.79. The van der Waals surface area contributed by atoms with Gasteiger partial charge < -0.3 is 10.4 Å². The van der Waals surface area contributed by atoms with E-state index in [0.717, 1.165) is 17.7 Å². The van der Waals surface area contributed by atoms with E-state index in [1.54, 1.807) is 11.4 Å². The first-order valence-corrected chi connectivity index (χ1v) is 6.91. The fourth-order valence-electron chi connectivity index (χ4n) is 1.69. The van der Waals surface area contributed by atoms with Gasteiger partial charge in [0.1, 0.15) is 11.6 Å². The number of nitrogens with one attached hydrogen (secondary N) is 1. The highest BCUT2D eigenvalue weighted by Gasteiger charge is 2.12. The summed E-state index contributed by atoms with van der Waals surface area (Å²) in [5.74, 6) is -1.86. The van der Waals surface area contributed by atoms with Crippen LogP contribution in [0.4, 0.5) is 8.78 Å². The second-order valence-corrected chi connectivity index (χ2v) is 5.07. The van der Waals surface area contributed by atoms with Gasteiger partial charge in [-0.05, 0) is 34.0 Å². The minimum Gasteiger partial charge on any atom is -0.387 e. The predicted octanol–water partition coefficient (Wildman–Crippen LogP) is 2.42. The first-order chi connectivity index (χ1) is 9.56. The third-order valence-electron chi connectivity index (χ3n) is 2.79. The van der Waals surface area contributed by atoms with Crippen molar-refractivity contribution in [3.8, 4) is 0 Å². The first-order valence-electron chi connectivity index (χ1n) is 5.97. The Kier molecular flexibility index (Phi) is 4.81. The molecule has 0 saturated heterocycles. The van der Waals surface area contributed by atoms with Crippen LogP contribution in [-0.4, -0.2) is 17.6 Å². The van der Waals surface area contributed by atoms with Crippen molar-refractivity contribution in [2.45, 2.75) is 12.5 Å². The number of amides is 1. The lowest BCUT2D eigenvalue weighted by Gasteiger charge is -2.10. The molecule has 1 atom stereocenters. The minimum atomic E-state index is -0.789. The van der Waals surface area contributed by atoms with Crippen LogP contribution in [0.2, 0.25) is 0 Å². The van der Waals surface area contributed by atoms with E-state index in [0.29, 0.717) is 0 Å². The molecule has 0 aliphatic rings. The zero-order chi connectivity index (χ0) is 14.5. The highest BCUT2D eigenvalue weighted by molar-refractivity contribution is 7.07. The molecule has 0 fully saturated rings. The average Bonchev–Trinajstić information content (AvgIpc) is 2.93. The summed E-state index contributed by atoms with van der Waals surface area (Å²) in [7, 11) is 0. The molecule has 1 amide bonds. The molecule has 2 rings (SSSR count). The van der Waals surface area contributed by atoms with Gasteiger partial charge in [0, 0.05) is 12.6 Å². The van der Waals surface area contributed by atoms with Crippen LogP contribution in [0, 0.1) is 11.6 Å². The molecule has 0 aliphatic heterocycles. The van der Waals surface area contributed by atoms with E-state index in [1.165, 1.54) is 17.4 Å². The molecule has 2 N–H and O–H groups in total. The van der Waals surface area contributed by atoms with E-state index >= 15 is 0 Å². The molecule has 0 radical (unpaired) electrons. The van der Waals surface area contributed by atoms with Gasteiger partial charge in [0.05, 0.1) is 12.5 Å². The Morgan fingerprint density at radius 3 is 2.80 bits per heavy atom. The number of thiophene rings is 1. The molecule has 0 saturated carbocycles. The average molecular weight is 297 g/mol.